The van der Waals surface area contributed by atoms with E-state index in [-0.39, 0.29) is 19.7 Å². The third-order valence-electron chi connectivity index (χ3n) is 5.00. The Morgan fingerprint density at radius 3 is 2.07 bits per heavy atom. The zero-order valence-electron chi connectivity index (χ0n) is 15.4. The number of carboxylic acids is 1. The van der Waals surface area contributed by atoms with Crippen molar-refractivity contribution < 1.29 is 26.7 Å². The van der Waals surface area contributed by atoms with Gasteiger partial charge >= 0.3 is 5.97 Å². The molecule has 156 valence electrons. The van der Waals surface area contributed by atoms with Crippen LogP contribution < -0.4 is 4.72 Å². The molecule has 2 aromatic carbocycles. The molecule has 0 amide bonds. The van der Waals surface area contributed by atoms with Gasteiger partial charge in [-0.15, -0.1) is 11.3 Å². The summed E-state index contributed by atoms with van der Waals surface area (Å²) in [4.78, 5) is 12.0. The maximum absolute atomic E-state index is 12.9. The normalized spacial score (nSPS) is 21.3. The van der Waals surface area contributed by atoms with Gasteiger partial charge in [0.2, 0.25) is 9.84 Å². The Labute approximate surface area is 178 Å². The summed E-state index contributed by atoms with van der Waals surface area (Å²) in [7, 11) is -8.11. The van der Waals surface area contributed by atoms with Crippen LogP contribution in [0.1, 0.15) is 17.9 Å². The Bertz CT molecular complexity index is 1300. The number of rotatable bonds is 7. The van der Waals surface area contributed by atoms with Gasteiger partial charge in [0, 0.05) is 5.92 Å². The van der Waals surface area contributed by atoms with Gasteiger partial charge < -0.3 is 5.11 Å². The number of carboxylic acid groups (broad SMARTS) is 1. The van der Waals surface area contributed by atoms with Crippen LogP contribution in [-0.2, 0) is 24.7 Å². The van der Waals surface area contributed by atoms with E-state index in [9.17, 15) is 26.7 Å². The first kappa shape index (κ1) is 20.7. The molecule has 0 spiro atoms. The van der Waals surface area contributed by atoms with Crippen molar-refractivity contribution in [3.63, 3.8) is 0 Å². The Balaban J connectivity index is 1.63. The zero-order valence-corrected chi connectivity index (χ0v) is 17.9. The van der Waals surface area contributed by atoms with Crippen LogP contribution in [-0.4, -0.2) is 33.5 Å². The number of sulfonamides is 1. The zero-order chi connectivity index (χ0) is 21.6. The van der Waals surface area contributed by atoms with Crippen molar-refractivity contribution in [1.29, 1.82) is 0 Å². The van der Waals surface area contributed by atoms with Crippen LogP contribution in [0.4, 0.5) is 0 Å². The minimum atomic E-state index is -4.24. The predicted molar refractivity (Wildman–Crippen MR) is 111 cm³/mol. The third-order valence-corrected chi connectivity index (χ3v) is 10.3. The SMILES string of the molecule is O=C(O)[C@@]1(NS(=O)(=O)c2ccc(S(=O)(=O)c3ccccc3)s2)C[C@H]1c1ccccc1. The van der Waals surface area contributed by atoms with Gasteiger partial charge in [-0.1, -0.05) is 48.5 Å². The van der Waals surface area contributed by atoms with Crippen LogP contribution >= 0.6 is 11.3 Å². The second-order valence-corrected chi connectivity index (χ2v) is 12.1. The van der Waals surface area contributed by atoms with Gasteiger partial charge in [-0.05, 0) is 36.2 Å². The molecule has 30 heavy (non-hydrogen) atoms. The molecule has 3 aromatic rings. The highest BCUT2D eigenvalue weighted by atomic mass is 32.3. The molecule has 2 N–H and O–H groups in total. The second-order valence-electron chi connectivity index (χ2n) is 6.94. The first-order chi connectivity index (χ1) is 14.2. The smallest absolute Gasteiger partial charge is 0.325 e. The molecule has 1 aliphatic rings. The van der Waals surface area contributed by atoms with E-state index in [2.05, 4.69) is 4.72 Å². The Morgan fingerprint density at radius 1 is 0.900 bits per heavy atom. The minimum Gasteiger partial charge on any atom is -0.480 e. The molecule has 0 unspecified atom stereocenters. The van der Waals surface area contributed by atoms with Crippen molar-refractivity contribution in [2.75, 3.05) is 0 Å². The first-order valence-electron chi connectivity index (χ1n) is 8.89. The Morgan fingerprint density at radius 2 is 1.47 bits per heavy atom. The number of aliphatic carboxylic acids is 1. The lowest BCUT2D eigenvalue weighted by Crippen LogP contribution is -2.44. The fourth-order valence-electron chi connectivity index (χ4n) is 3.34. The molecule has 7 nitrogen and oxygen atoms in total. The van der Waals surface area contributed by atoms with E-state index in [0.29, 0.717) is 11.3 Å². The standard InChI is InChI=1S/C20H17NO6S3/c22-19(23)20(13-16(20)14-7-3-1-4-8-14)21-30(26,27)18-12-11-17(28-18)29(24,25)15-9-5-2-6-10-15/h1-12,16,21H,13H2,(H,22,23)/t16-,20+/m0/s1. The number of nitrogens with one attached hydrogen (secondary N) is 1. The maximum Gasteiger partial charge on any atom is 0.325 e. The van der Waals surface area contributed by atoms with Crippen LogP contribution in [0.15, 0.2) is 86.1 Å². The van der Waals surface area contributed by atoms with Gasteiger partial charge in [0.15, 0.2) is 0 Å². The second kappa shape index (κ2) is 7.31. The lowest BCUT2D eigenvalue weighted by molar-refractivity contribution is -0.140. The van der Waals surface area contributed by atoms with Crippen molar-refractivity contribution in [3.8, 4) is 0 Å². The fraction of sp³-hybridized carbons (Fsp3) is 0.150. The first-order valence-corrected chi connectivity index (χ1v) is 12.7. The number of hydrogen-bond acceptors (Lipinski definition) is 6. The van der Waals surface area contributed by atoms with Crippen molar-refractivity contribution in [2.45, 2.75) is 31.2 Å². The average Bonchev–Trinajstić information content (AvgIpc) is 3.21. The Kier molecular flexibility index (Phi) is 5.05. The molecule has 0 saturated heterocycles. The van der Waals surface area contributed by atoms with Gasteiger partial charge in [0.1, 0.15) is 14.0 Å². The lowest BCUT2D eigenvalue weighted by atomic mass is 10.1. The van der Waals surface area contributed by atoms with Gasteiger partial charge in [-0.25, -0.2) is 16.8 Å². The highest BCUT2D eigenvalue weighted by Crippen LogP contribution is 2.52. The van der Waals surface area contributed by atoms with Crippen molar-refractivity contribution in [3.05, 3.63) is 78.4 Å². The number of benzene rings is 2. The van der Waals surface area contributed by atoms with Gasteiger partial charge in [0.25, 0.3) is 10.0 Å². The number of hydrogen-bond donors (Lipinski definition) is 2. The summed E-state index contributed by atoms with van der Waals surface area (Å²) in [6.45, 7) is 0. The Hall–Kier alpha value is -2.53. The largest absolute Gasteiger partial charge is 0.480 e. The van der Waals surface area contributed by atoms with Crippen LogP contribution in [0.25, 0.3) is 0 Å². The molecule has 0 aliphatic heterocycles. The topological polar surface area (TPSA) is 118 Å². The van der Waals surface area contributed by atoms with Crippen molar-refractivity contribution in [1.82, 2.24) is 4.72 Å². The van der Waals surface area contributed by atoms with E-state index in [1.54, 1.807) is 48.5 Å². The molecule has 1 aliphatic carbocycles. The summed E-state index contributed by atoms with van der Waals surface area (Å²) in [5.74, 6) is -1.77. The number of carbonyl (C=O) groups is 1. The molecular formula is C20H17NO6S3. The summed E-state index contributed by atoms with van der Waals surface area (Å²) >= 11 is 0.587. The van der Waals surface area contributed by atoms with Crippen LogP contribution in [0, 0.1) is 0 Å². The summed E-state index contributed by atoms with van der Waals surface area (Å²) in [6.07, 6.45) is 0.117. The molecule has 1 saturated carbocycles. The van der Waals surface area contributed by atoms with E-state index in [4.69, 9.17) is 0 Å². The number of thiophene rings is 1. The van der Waals surface area contributed by atoms with E-state index in [0.717, 1.165) is 5.56 Å². The van der Waals surface area contributed by atoms with Crippen molar-refractivity contribution in [2.24, 2.45) is 0 Å². The number of sulfone groups is 1. The average molecular weight is 464 g/mol. The molecule has 0 radical (unpaired) electrons. The van der Waals surface area contributed by atoms with Gasteiger partial charge in [-0.3, -0.25) is 4.79 Å². The summed E-state index contributed by atoms with van der Waals surface area (Å²) in [6, 6.07) is 18.9. The van der Waals surface area contributed by atoms with E-state index < -0.39 is 37.3 Å². The quantitative estimate of drug-likeness (QED) is 0.556. The van der Waals surface area contributed by atoms with E-state index in [1.165, 1.54) is 24.3 Å². The summed E-state index contributed by atoms with van der Waals surface area (Å²) < 4.78 is 53.1. The molecule has 0 bridgehead atoms. The van der Waals surface area contributed by atoms with Gasteiger partial charge in [0.05, 0.1) is 4.90 Å². The van der Waals surface area contributed by atoms with Crippen LogP contribution in [0.3, 0.4) is 0 Å². The van der Waals surface area contributed by atoms with E-state index >= 15 is 0 Å². The summed E-state index contributed by atoms with van der Waals surface area (Å²) in [5, 5.41) is 9.71. The predicted octanol–water partition coefficient (Wildman–Crippen LogP) is 2.87. The minimum absolute atomic E-state index is 0.0529. The molecule has 1 fully saturated rings. The highest BCUT2D eigenvalue weighted by molar-refractivity contribution is 7.95. The van der Waals surface area contributed by atoms with Crippen molar-refractivity contribution >= 4 is 37.2 Å². The maximum atomic E-state index is 12.9. The monoisotopic (exact) mass is 463 g/mol. The molecule has 2 atom stereocenters. The molecule has 1 heterocycles. The fourth-order valence-corrected chi connectivity index (χ4v) is 7.94. The van der Waals surface area contributed by atoms with Crippen LogP contribution in [0.2, 0.25) is 0 Å². The molecule has 1 aromatic heterocycles. The third kappa shape index (κ3) is 3.56. The highest BCUT2D eigenvalue weighted by Gasteiger charge is 2.63. The molecule has 4 rings (SSSR count). The van der Waals surface area contributed by atoms with Gasteiger partial charge in [-0.2, -0.15) is 4.72 Å². The molecule has 10 heteroatoms. The lowest BCUT2D eigenvalue weighted by Gasteiger charge is -2.14. The van der Waals surface area contributed by atoms with Crippen LogP contribution in [0.5, 0.6) is 0 Å². The summed E-state index contributed by atoms with van der Waals surface area (Å²) in [5.41, 5.74) is -0.927. The van der Waals surface area contributed by atoms with E-state index in [1.807, 2.05) is 0 Å². The molecular weight excluding hydrogens is 446 g/mol.